The average Bonchev–Trinajstić information content (AvgIpc) is 2.64. The standard InChI is InChI=1S/C21H25ClN2O2/c1-16-10-12-24(13-11-16)14-21(25)23-19-6-8-20(9-7-19)26-15-17-2-4-18(22)5-3-17/h2-9,16H,10-15H2,1H3,(H,23,25). The Bertz CT molecular complexity index is 708. The maximum Gasteiger partial charge on any atom is 0.238 e. The number of carbonyl (C=O) groups excluding carboxylic acids is 1. The van der Waals surface area contributed by atoms with Gasteiger partial charge in [-0.05, 0) is 73.8 Å². The molecule has 2 aromatic carbocycles. The quantitative estimate of drug-likeness (QED) is 0.806. The first-order valence-corrected chi connectivity index (χ1v) is 9.46. The van der Waals surface area contributed by atoms with E-state index in [0.29, 0.717) is 18.2 Å². The van der Waals surface area contributed by atoms with Crippen molar-refractivity contribution in [3.63, 3.8) is 0 Å². The topological polar surface area (TPSA) is 41.6 Å². The lowest BCUT2D eigenvalue weighted by Crippen LogP contribution is -2.38. The molecule has 1 N–H and O–H groups in total. The number of amides is 1. The number of ether oxygens (including phenoxy) is 1. The summed E-state index contributed by atoms with van der Waals surface area (Å²) in [6, 6.07) is 15.1. The van der Waals surface area contributed by atoms with Crippen molar-refractivity contribution in [3.8, 4) is 5.75 Å². The lowest BCUT2D eigenvalue weighted by atomic mass is 9.99. The fourth-order valence-corrected chi connectivity index (χ4v) is 3.13. The van der Waals surface area contributed by atoms with Crippen LogP contribution in [0.1, 0.15) is 25.3 Å². The van der Waals surface area contributed by atoms with Crippen LogP contribution in [0.5, 0.6) is 5.75 Å². The number of nitrogens with zero attached hydrogens (tertiary/aromatic N) is 1. The molecule has 138 valence electrons. The molecule has 0 aliphatic carbocycles. The Morgan fingerprint density at radius 1 is 1.12 bits per heavy atom. The number of nitrogens with one attached hydrogen (secondary N) is 1. The summed E-state index contributed by atoms with van der Waals surface area (Å²) in [6.07, 6.45) is 2.35. The van der Waals surface area contributed by atoms with Gasteiger partial charge in [0.25, 0.3) is 0 Å². The second kappa shape index (κ2) is 9.06. The number of benzene rings is 2. The molecule has 3 rings (SSSR count). The van der Waals surface area contributed by atoms with Crippen LogP contribution in [0.25, 0.3) is 0 Å². The van der Waals surface area contributed by atoms with Gasteiger partial charge in [0, 0.05) is 10.7 Å². The summed E-state index contributed by atoms with van der Waals surface area (Å²) < 4.78 is 5.76. The molecule has 5 heteroatoms. The van der Waals surface area contributed by atoms with E-state index in [2.05, 4.69) is 17.1 Å². The van der Waals surface area contributed by atoms with E-state index in [4.69, 9.17) is 16.3 Å². The number of piperidine rings is 1. The van der Waals surface area contributed by atoms with Gasteiger partial charge >= 0.3 is 0 Å². The molecule has 1 heterocycles. The van der Waals surface area contributed by atoms with Gasteiger partial charge in [-0.25, -0.2) is 0 Å². The summed E-state index contributed by atoms with van der Waals surface area (Å²) in [4.78, 5) is 14.4. The smallest absolute Gasteiger partial charge is 0.238 e. The SMILES string of the molecule is CC1CCN(CC(=O)Nc2ccc(OCc3ccc(Cl)cc3)cc2)CC1. The summed E-state index contributed by atoms with van der Waals surface area (Å²) >= 11 is 5.88. The van der Waals surface area contributed by atoms with Crippen LogP contribution in [0.3, 0.4) is 0 Å². The molecule has 0 aromatic heterocycles. The molecule has 1 aliphatic rings. The summed E-state index contributed by atoms with van der Waals surface area (Å²) in [7, 11) is 0. The van der Waals surface area contributed by atoms with Gasteiger partial charge in [0.05, 0.1) is 6.54 Å². The molecule has 0 bridgehead atoms. The monoisotopic (exact) mass is 372 g/mol. The Morgan fingerprint density at radius 3 is 2.42 bits per heavy atom. The van der Waals surface area contributed by atoms with E-state index < -0.39 is 0 Å². The normalized spacial score (nSPS) is 15.6. The zero-order valence-corrected chi connectivity index (χ0v) is 15.8. The fraction of sp³-hybridized carbons (Fsp3) is 0.381. The molecular formula is C21H25ClN2O2. The third-order valence-electron chi connectivity index (χ3n) is 4.70. The predicted octanol–water partition coefficient (Wildman–Crippen LogP) is 4.59. The van der Waals surface area contributed by atoms with Crippen LogP contribution in [0.4, 0.5) is 5.69 Å². The minimum atomic E-state index is 0.0365. The van der Waals surface area contributed by atoms with E-state index >= 15 is 0 Å². The van der Waals surface area contributed by atoms with E-state index in [1.807, 2.05) is 48.5 Å². The second-order valence-corrected chi connectivity index (χ2v) is 7.38. The van der Waals surface area contributed by atoms with Gasteiger partial charge in [0.15, 0.2) is 0 Å². The van der Waals surface area contributed by atoms with Crippen molar-refractivity contribution in [2.75, 3.05) is 25.0 Å². The molecule has 1 fully saturated rings. The van der Waals surface area contributed by atoms with E-state index in [-0.39, 0.29) is 5.91 Å². The van der Waals surface area contributed by atoms with Gasteiger partial charge in [-0.3, -0.25) is 9.69 Å². The Morgan fingerprint density at radius 2 is 1.77 bits per heavy atom. The first kappa shape index (κ1) is 18.7. The number of carbonyl (C=O) groups is 1. The second-order valence-electron chi connectivity index (χ2n) is 6.95. The van der Waals surface area contributed by atoms with Crippen molar-refractivity contribution in [2.45, 2.75) is 26.4 Å². The van der Waals surface area contributed by atoms with Gasteiger partial charge in [0.2, 0.25) is 5.91 Å². The van der Waals surface area contributed by atoms with Crippen molar-refractivity contribution in [1.82, 2.24) is 4.90 Å². The third-order valence-corrected chi connectivity index (χ3v) is 4.95. The van der Waals surface area contributed by atoms with Gasteiger partial charge < -0.3 is 10.1 Å². The Kier molecular flexibility index (Phi) is 6.53. The average molecular weight is 373 g/mol. The number of likely N-dealkylation sites (tertiary alicyclic amines) is 1. The van der Waals surface area contributed by atoms with Gasteiger partial charge in [-0.1, -0.05) is 30.7 Å². The van der Waals surface area contributed by atoms with E-state index in [9.17, 15) is 4.79 Å². The van der Waals surface area contributed by atoms with Crippen LogP contribution in [-0.2, 0) is 11.4 Å². The van der Waals surface area contributed by atoms with Crippen LogP contribution < -0.4 is 10.1 Å². The number of halogens is 1. The fourth-order valence-electron chi connectivity index (χ4n) is 3.01. The van der Waals surface area contributed by atoms with Crippen LogP contribution in [0.15, 0.2) is 48.5 Å². The highest BCUT2D eigenvalue weighted by molar-refractivity contribution is 6.30. The minimum Gasteiger partial charge on any atom is -0.489 e. The van der Waals surface area contributed by atoms with E-state index in [1.54, 1.807) is 0 Å². The van der Waals surface area contributed by atoms with Crippen LogP contribution in [-0.4, -0.2) is 30.4 Å². The van der Waals surface area contributed by atoms with Crippen molar-refractivity contribution < 1.29 is 9.53 Å². The molecule has 0 atom stereocenters. The molecule has 0 spiro atoms. The summed E-state index contributed by atoms with van der Waals surface area (Å²) in [5.41, 5.74) is 1.85. The third kappa shape index (κ3) is 5.75. The van der Waals surface area contributed by atoms with E-state index in [1.165, 1.54) is 12.8 Å². The molecule has 1 aliphatic heterocycles. The Balaban J connectivity index is 1.45. The zero-order chi connectivity index (χ0) is 18.4. The Labute approximate surface area is 160 Å². The molecule has 0 radical (unpaired) electrons. The van der Waals surface area contributed by atoms with Crippen LogP contribution in [0.2, 0.25) is 5.02 Å². The molecule has 26 heavy (non-hydrogen) atoms. The molecule has 0 saturated carbocycles. The summed E-state index contributed by atoms with van der Waals surface area (Å²) in [5, 5.41) is 3.67. The maximum absolute atomic E-state index is 12.2. The number of hydrogen-bond donors (Lipinski definition) is 1. The molecule has 0 unspecified atom stereocenters. The highest BCUT2D eigenvalue weighted by Crippen LogP contribution is 2.19. The van der Waals surface area contributed by atoms with Crippen molar-refractivity contribution >= 4 is 23.2 Å². The zero-order valence-electron chi connectivity index (χ0n) is 15.1. The van der Waals surface area contributed by atoms with Crippen molar-refractivity contribution in [2.24, 2.45) is 5.92 Å². The number of hydrogen-bond acceptors (Lipinski definition) is 3. The maximum atomic E-state index is 12.2. The lowest BCUT2D eigenvalue weighted by Gasteiger charge is -2.29. The molecule has 1 amide bonds. The molecular weight excluding hydrogens is 348 g/mol. The molecule has 4 nitrogen and oxygen atoms in total. The first-order valence-electron chi connectivity index (χ1n) is 9.08. The van der Waals surface area contributed by atoms with Gasteiger partial charge in [-0.15, -0.1) is 0 Å². The largest absolute Gasteiger partial charge is 0.489 e. The summed E-state index contributed by atoms with van der Waals surface area (Å²) in [6.45, 7) is 5.23. The van der Waals surface area contributed by atoms with Crippen LogP contribution >= 0.6 is 11.6 Å². The number of anilines is 1. The van der Waals surface area contributed by atoms with E-state index in [0.717, 1.165) is 36.0 Å². The van der Waals surface area contributed by atoms with Crippen molar-refractivity contribution in [3.05, 3.63) is 59.1 Å². The van der Waals surface area contributed by atoms with Gasteiger partial charge in [-0.2, -0.15) is 0 Å². The van der Waals surface area contributed by atoms with Crippen molar-refractivity contribution in [1.29, 1.82) is 0 Å². The minimum absolute atomic E-state index is 0.0365. The lowest BCUT2D eigenvalue weighted by molar-refractivity contribution is -0.117. The number of rotatable bonds is 6. The predicted molar refractivity (Wildman–Crippen MR) is 106 cm³/mol. The molecule has 2 aromatic rings. The highest BCUT2D eigenvalue weighted by atomic mass is 35.5. The van der Waals surface area contributed by atoms with Gasteiger partial charge in [0.1, 0.15) is 12.4 Å². The Hall–Kier alpha value is -2.04. The van der Waals surface area contributed by atoms with Crippen LogP contribution in [0, 0.1) is 5.92 Å². The highest BCUT2D eigenvalue weighted by Gasteiger charge is 2.17. The first-order chi connectivity index (χ1) is 12.6. The summed E-state index contributed by atoms with van der Waals surface area (Å²) in [5.74, 6) is 1.58. The molecule has 1 saturated heterocycles.